The third kappa shape index (κ3) is 5.58. The maximum Gasteiger partial charge on any atom is 0.217 e. The summed E-state index contributed by atoms with van der Waals surface area (Å²) < 4.78 is 5.32. The van der Waals surface area contributed by atoms with Crippen LogP contribution in [0.2, 0.25) is 0 Å². The van der Waals surface area contributed by atoms with Crippen LogP contribution in [0.4, 0.5) is 0 Å². The molecule has 0 aliphatic heterocycles. The minimum absolute atomic E-state index is 0. The molecule has 0 saturated carbocycles. The van der Waals surface area contributed by atoms with Gasteiger partial charge >= 0.3 is 0 Å². The predicted octanol–water partition coefficient (Wildman–Crippen LogP) is 0.864. The van der Waals surface area contributed by atoms with Crippen molar-refractivity contribution < 1.29 is 9.53 Å². The van der Waals surface area contributed by atoms with Crippen LogP contribution >= 0.6 is 12.4 Å². The number of carbonyl (C=O) groups is 1. The van der Waals surface area contributed by atoms with Gasteiger partial charge in [-0.1, -0.05) is 12.1 Å². The summed E-state index contributed by atoms with van der Waals surface area (Å²) in [6.07, 6.45) is 1.05. The highest BCUT2D eigenvalue weighted by molar-refractivity contribution is 5.85. The molecule has 0 atom stereocenters. The first-order valence-electron chi connectivity index (χ1n) is 4.92. The van der Waals surface area contributed by atoms with Gasteiger partial charge in [-0.2, -0.15) is 0 Å². The van der Waals surface area contributed by atoms with Crippen LogP contribution in [0.1, 0.15) is 12.0 Å². The fourth-order valence-electron chi connectivity index (χ4n) is 1.20. The third-order valence-corrected chi connectivity index (χ3v) is 1.97. The first-order valence-corrected chi connectivity index (χ1v) is 4.92. The van der Waals surface area contributed by atoms with E-state index in [4.69, 9.17) is 16.2 Å². The SMILES string of the molecule is Cl.NCCOc1ccc(CCC(N)=O)cc1. The number of benzene rings is 1. The lowest BCUT2D eigenvalue weighted by atomic mass is 10.1. The summed E-state index contributed by atoms with van der Waals surface area (Å²) in [5.74, 6) is 0.515. The lowest BCUT2D eigenvalue weighted by Crippen LogP contribution is -2.11. The molecule has 1 rings (SSSR count). The topological polar surface area (TPSA) is 78.3 Å². The number of halogens is 1. The Morgan fingerprint density at radius 2 is 1.88 bits per heavy atom. The number of hydrogen-bond donors (Lipinski definition) is 2. The molecule has 1 aromatic rings. The molecule has 1 aromatic carbocycles. The highest BCUT2D eigenvalue weighted by Gasteiger charge is 1.98. The fourth-order valence-corrected chi connectivity index (χ4v) is 1.20. The van der Waals surface area contributed by atoms with Crippen LogP contribution in [0.25, 0.3) is 0 Å². The van der Waals surface area contributed by atoms with Gasteiger partial charge in [-0.25, -0.2) is 0 Å². The molecule has 16 heavy (non-hydrogen) atoms. The monoisotopic (exact) mass is 244 g/mol. The van der Waals surface area contributed by atoms with E-state index in [-0.39, 0.29) is 18.3 Å². The maximum atomic E-state index is 10.6. The summed E-state index contributed by atoms with van der Waals surface area (Å²) in [5, 5.41) is 0. The minimum atomic E-state index is -0.279. The van der Waals surface area contributed by atoms with Gasteiger partial charge in [0.1, 0.15) is 12.4 Å². The first kappa shape index (κ1) is 14.7. The van der Waals surface area contributed by atoms with Gasteiger partial charge in [0.05, 0.1) is 0 Å². The van der Waals surface area contributed by atoms with Gasteiger partial charge in [0.25, 0.3) is 0 Å². The smallest absolute Gasteiger partial charge is 0.217 e. The van der Waals surface area contributed by atoms with Gasteiger partial charge in [0, 0.05) is 13.0 Å². The van der Waals surface area contributed by atoms with Crippen LogP contribution in [0.5, 0.6) is 5.75 Å². The zero-order valence-corrected chi connectivity index (χ0v) is 9.83. The quantitative estimate of drug-likeness (QED) is 0.779. The fraction of sp³-hybridized carbons (Fsp3) is 0.364. The first-order chi connectivity index (χ1) is 7.22. The van der Waals surface area contributed by atoms with Crippen LogP contribution < -0.4 is 16.2 Å². The molecule has 0 aliphatic rings. The molecule has 0 radical (unpaired) electrons. The molecule has 90 valence electrons. The number of hydrogen-bond acceptors (Lipinski definition) is 3. The summed E-state index contributed by atoms with van der Waals surface area (Å²) in [5.41, 5.74) is 11.4. The molecule has 0 heterocycles. The Morgan fingerprint density at radius 3 is 2.38 bits per heavy atom. The average Bonchev–Trinajstić information content (AvgIpc) is 2.25. The second kappa shape index (κ2) is 7.96. The lowest BCUT2D eigenvalue weighted by molar-refractivity contribution is -0.117. The van der Waals surface area contributed by atoms with E-state index < -0.39 is 0 Å². The van der Waals surface area contributed by atoms with Crippen LogP contribution in [-0.2, 0) is 11.2 Å². The molecule has 4 N–H and O–H groups in total. The van der Waals surface area contributed by atoms with Crippen molar-refractivity contribution >= 4 is 18.3 Å². The molecule has 0 aromatic heterocycles. The standard InChI is InChI=1S/C11H16N2O2.ClH/c12-7-8-15-10-4-1-9(2-5-10)3-6-11(13)14;/h1-2,4-5H,3,6-8,12H2,(H2,13,14);1H. The van der Waals surface area contributed by atoms with Gasteiger partial charge in [-0.3, -0.25) is 4.79 Å². The van der Waals surface area contributed by atoms with Crippen LogP contribution in [0, 0.1) is 0 Å². The van der Waals surface area contributed by atoms with E-state index in [1.807, 2.05) is 24.3 Å². The molecule has 0 bridgehead atoms. The highest BCUT2D eigenvalue weighted by Crippen LogP contribution is 2.12. The van der Waals surface area contributed by atoms with Gasteiger partial charge in [0.15, 0.2) is 0 Å². The number of aryl methyl sites for hydroxylation is 1. The second-order valence-electron chi connectivity index (χ2n) is 3.25. The third-order valence-electron chi connectivity index (χ3n) is 1.97. The molecule has 4 nitrogen and oxygen atoms in total. The Bertz CT molecular complexity index is 314. The maximum absolute atomic E-state index is 10.6. The minimum Gasteiger partial charge on any atom is -0.492 e. The van der Waals surface area contributed by atoms with Crippen molar-refractivity contribution in [2.24, 2.45) is 11.5 Å². The van der Waals surface area contributed by atoms with Crippen molar-refractivity contribution in [3.8, 4) is 5.75 Å². The Labute approximate surface area is 101 Å². The number of primary amides is 1. The van der Waals surface area contributed by atoms with E-state index in [1.54, 1.807) is 0 Å². The summed E-state index contributed by atoms with van der Waals surface area (Å²) in [6.45, 7) is 1.02. The van der Waals surface area contributed by atoms with Crippen molar-refractivity contribution in [1.29, 1.82) is 0 Å². The van der Waals surface area contributed by atoms with E-state index in [1.165, 1.54) is 0 Å². The largest absolute Gasteiger partial charge is 0.492 e. The van der Waals surface area contributed by atoms with Crippen molar-refractivity contribution in [1.82, 2.24) is 0 Å². The summed E-state index contributed by atoms with van der Waals surface area (Å²) in [7, 11) is 0. The molecule has 0 saturated heterocycles. The Morgan fingerprint density at radius 1 is 1.25 bits per heavy atom. The van der Waals surface area contributed by atoms with E-state index in [0.717, 1.165) is 11.3 Å². The molecule has 1 amide bonds. The second-order valence-corrected chi connectivity index (χ2v) is 3.25. The zero-order valence-electron chi connectivity index (χ0n) is 9.02. The van der Waals surface area contributed by atoms with Gasteiger partial charge in [0.2, 0.25) is 5.91 Å². The Kier molecular flexibility index (Phi) is 7.33. The molecule has 0 fully saturated rings. The van der Waals surface area contributed by atoms with Gasteiger partial charge in [-0.05, 0) is 24.1 Å². The zero-order chi connectivity index (χ0) is 11.1. The molecule has 5 heteroatoms. The summed E-state index contributed by atoms with van der Waals surface area (Å²) >= 11 is 0. The van der Waals surface area contributed by atoms with E-state index in [0.29, 0.717) is 26.0 Å². The van der Waals surface area contributed by atoms with Crippen molar-refractivity contribution in [3.63, 3.8) is 0 Å². The van der Waals surface area contributed by atoms with E-state index in [2.05, 4.69) is 0 Å². The number of amides is 1. The van der Waals surface area contributed by atoms with Crippen LogP contribution in [0.3, 0.4) is 0 Å². The molecule has 0 spiro atoms. The van der Waals surface area contributed by atoms with E-state index >= 15 is 0 Å². The Balaban J connectivity index is 0.00000225. The Hall–Kier alpha value is -1.26. The summed E-state index contributed by atoms with van der Waals surface area (Å²) in [4.78, 5) is 10.6. The highest BCUT2D eigenvalue weighted by atomic mass is 35.5. The van der Waals surface area contributed by atoms with Crippen molar-refractivity contribution in [3.05, 3.63) is 29.8 Å². The molecular formula is C11H17ClN2O2. The van der Waals surface area contributed by atoms with Gasteiger partial charge < -0.3 is 16.2 Å². The normalized spacial score (nSPS) is 9.31. The van der Waals surface area contributed by atoms with Gasteiger partial charge in [-0.15, -0.1) is 12.4 Å². The van der Waals surface area contributed by atoms with Crippen LogP contribution in [0.15, 0.2) is 24.3 Å². The molecular weight excluding hydrogens is 228 g/mol. The number of rotatable bonds is 6. The van der Waals surface area contributed by atoms with Crippen LogP contribution in [-0.4, -0.2) is 19.1 Å². The predicted molar refractivity (Wildman–Crippen MR) is 65.8 cm³/mol. The van der Waals surface area contributed by atoms with Crippen molar-refractivity contribution in [2.75, 3.05) is 13.2 Å². The molecule has 0 unspecified atom stereocenters. The number of ether oxygens (including phenoxy) is 1. The van der Waals surface area contributed by atoms with Crippen molar-refractivity contribution in [2.45, 2.75) is 12.8 Å². The van der Waals surface area contributed by atoms with E-state index in [9.17, 15) is 4.79 Å². The summed E-state index contributed by atoms with van der Waals surface area (Å²) in [6, 6.07) is 7.58. The molecule has 0 aliphatic carbocycles. The number of nitrogens with two attached hydrogens (primary N) is 2. The lowest BCUT2D eigenvalue weighted by Gasteiger charge is -2.05. The average molecular weight is 245 g/mol. The number of carbonyl (C=O) groups excluding carboxylic acids is 1.